The van der Waals surface area contributed by atoms with E-state index in [1.54, 1.807) is 12.1 Å². The predicted molar refractivity (Wildman–Crippen MR) is 104 cm³/mol. The van der Waals surface area contributed by atoms with Gasteiger partial charge >= 0.3 is 5.97 Å². The zero-order chi connectivity index (χ0) is 19.9. The Morgan fingerprint density at radius 2 is 1.93 bits per heavy atom. The van der Waals surface area contributed by atoms with Crippen LogP contribution in [0.2, 0.25) is 0 Å². The van der Waals surface area contributed by atoms with E-state index >= 15 is 0 Å². The van der Waals surface area contributed by atoms with Crippen LogP contribution in [-0.4, -0.2) is 38.8 Å². The molecule has 2 heterocycles. The number of aliphatic carboxylic acids is 1. The van der Waals surface area contributed by atoms with Gasteiger partial charge in [0.2, 0.25) is 5.91 Å². The van der Waals surface area contributed by atoms with Crippen molar-refractivity contribution in [3.8, 4) is 0 Å². The number of carbonyl (C=O) groups is 3. The fourth-order valence-electron chi connectivity index (χ4n) is 3.52. The molecule has 3 atom stereocenters. The Bertz CT molecular complexity index is 813. The smallest absolute Gasteiger partial charge is 0.352 e. The Labute approximate surface area is 162 Å². The number of carbonyl (C=O) groups excluding carboxylic acids is 2. The number of rotatable bonds is 5. The summed E-state index contributed by atoms with van der Waals surface area (Å²) in [6.45, 7) is 5.82. The van der Waals surface area contributed by atoms with Crippen LogP contribution in [0.1, 0.15) is 38.8 Å². The van der Waals surface area contributed by atoms with Crippen molar-refractivity contribution in [2.45, 2.75) is 38.6 Å². The zero-order valence-corrected chi connectivity index (χ0v) is 16.5. The highest BCUT2D eigenvalue weighted by Crippen LogP contribution is 2.48. The highest BCUT2D eigenvalue weighted by molar-refractivity contribution is 8.00. The molecule has 0 aromatic heterocycles. The number of carboxylic acids is 1. The van der Waals surface area contributed by atoms with Crippen LogP contribution in [-0.2, 0) is 14.4 Å². The molecular formula is C20H24N2O4S. The number of thioether (sulfide) groups is 1. The van der Waals surface area contributed by atoms with Gasteiger partial charge in [0.1, 0.15) is 5.70 Å². The van der Waals surface area contributed by atoms with Crippen LogP contribution in [0.15, 0.2) is 41.6 Å². The molecule has 0 spiro atoms. The van der Waals surface area contributed by atoms with E-state index in [1.807, 2.05) is 39.0 Å². The van der Waals surface area contributed by atoms with Crippen LogP contribution >= 0.6 is 11.8 Å². The lowest BCUT2D eigenvalue weighted by Crippen LogP contribution is -2.62. The third-order valence-electron chi connectivity index (χ3n) is 5.11. The number of carboxylic acid groups (broad SMARTS) is 1. The molecule has 0 aliphatic carbocycles. The molecule has 6 nitrogen and oxygen atoms in total. The van der Waals surface area contributed by atoms with Crippen molar-refractivity contribution in [3.63, 3.8) is 0 Å². The quantitative estimate of drug-likeness (QED) is 0.752. The Morgan fingerprint density at radius 3 is 2.48 bits per heavy atom. The molecule has 1 amide bonds. The molecule has 1 aromatic rings. The van der Waals surface area contributed by atoms with Crippen LogP contribution in [0, 0.1) is 11.3 Å². The number of benzene rings is 1. The lowest BCUT2D eigenvalue weighted by atomic mass is 9.82. The van der Waals surface area contributed by atoms with Crippen LogP contribution in [0.5, 0.6) is 0 Å². The van der Waals surface area contributed by atoms with Crippen molar-refractivity contribution in [1.29, 1.82) is 0 Å². The normalized spacial score (nSPS) is 23.6. The first-order valence-electron chi connectivity index (χ1n) is 8.87. The first-order chi connectivity index (χ1) is 12.6. The maximum atomic E-state index is 12.7. The molecule has 0 bridgehead atoms. The maximum absolute atomic E-state index is 12.7. The average molecular weight is 388 g/mol. The van der Waals surface area contributed by atoms with Gasteiger partial charge in [0.05, 0.1) is 17.3 Å². The van der Waals surface area contributed by atoms with Crippen molar-refractivity contribution < 1.29 is 19.5 Å². The molecule has 3 N–H and O–H groups in total. The Balaban J connectivity index is 1.78. The molecule has 7 heteroatoms. The molecule has 0 unspecified atom stereocenters. The van der Waals surface area contributed by atoms with Crippen molar-refractivity contribution in [2.75, 3.05) is 5.75 Å². The fourth-order valence-corrected chi connectivity index (χ4v) is 5.23. The van der Waals surface area contributed by atoms with Crippen molar-refractivity contribution in [2.24, 2.45) is 17.1 Å². The number of β-lactam (4-membered cyclic amide) rings is 1. The number of ketones is 1. The third kappa shape index (κ3) is 3.53. The number of nitrogens with zero attached hydrogens (tertiary/aromatic N) is 1. The van der Waals surface area contributed by atoms with Gasteiger partial charge in [0.15, 0.2) is 5.78 Å². The van der Waals surface area contributed by atoms with Crippen molar-refractivity contribution in [1.82, 2.24) is 4.90 Å². The van der Waals surface area contributed by atoms with E-state index in [-0.39, 0.29) is 34.6 Å². The highest BCUT2D eigenvalue weighted by Gasteiger charge is 2.54. The minimum atomic E-state index is -1.09. The van der Waals surface area contributed by atoms with E-state index < -0.39 is 17.9 Å². The molecule has 1 saturated heterocycles. The molecule has 0 saturated carbocycles. The van der Waals surface area contributed by atoms with Crippen molar-refractivity contribution in [3.05, 3.63) is 47.2 Å². The van der Waals surface area contributed by atoms with Crippen LogP contribution in [0.3, 0.4) is 0 Å². The van der Waals surface area contributed by atoms with Crippen molar-refractivity contribution >= 4 is 29.4 Å². The number of amides is 1. The number of hydrogen-bond acceptors (Lipinski definition) is 5. The monoisotopic (exact) mass is 388 g/mol. The summed E-state index contributed by atoms with van der Waals surface area (Å²) in [6, 6.07) is 8.27. The van der Waals surface area contributed by atoms with Gasteiger partial charge in [-0.3, -0.25) is 14.5 Å². The molecule has 1 fully saturated rings. The lowest BCUT2D eigenvalue weighted by molar-refractivity contribution is -0.154. The second-order valence-corrected chi connectivity index (χ2v) is 9.06. The molecular weight excluding hydrogens is 364 g/mol. The van der Waals surface area contributed by atoms with Crippen LogP contribution in [0.25, 0.3) is 0 Å². The summed E-state index contributed by atoms with van der Waals surface area (Å²) in [4.78, 5) is 38.4. The second kappa shape index (κ2) is 7.13. The molecule has 3 rings (SSSR count). The summed E-state index contributed by atoms with van der Waals surface area (Å²) in [7, 11) is 0. The van der Waals surface area contributed by atoms with Gasteiger partial charge in [-0.1, -0.05) is 51.1 Å². The summed E-state index contributed by atoms with van der Waals surface area (Å²) in [5.41, 5.74) is 7.24. The molecule has 1 aromatic carbocycles. The van der Waals surface area contributed by atoms with Gasteiger partial charge in [-0.15, -0.1) is 11.8 Å². The SMILES string of the molecule is CC(C)(C)C1=C(C(=O)O)N2C(=O)[C@@H](CC(=O)[C@H](N)c3ccccc3)[C@H]2SC1. The van der Waals surface area contributed by atoms with Gasteiger partial charge in [-0.25, -0.2) is 4.79 Å². The van der Waals surface area contributed by atoms with E-state index in [0.29, 0.717) is 11.3 Å². The molecule has 144 valence electrons. The van der Waals surface area contributed by atoms with Gasteiger partial charge < -0.3 is 10.8 Å². The standard InChI is InChI=1S/C20H24N2O4S/c1-20(2,3)13-10-27-18-12(17(24)22(18)16(13)19(25)26)9-14(23)15(21)11-7-5-4-6-8-11/h4-8,12,15,18H,9-10,21H2,1-3H3,(H,25,26)/t12-,15-,18-/m1/s1. The Hall–Kier alpha value is -2.12. The molecule has 27 heavy (non-hydrogen) atoms. The van der Waals surface area contributed by atoms with E-state index in [1.165, 1.54) is 16.7 Å². The summed E-state index contributed by atoms with van der Waals surface area (Å²) < 4.78 is 0. The number of Topliss-reactive ketones (excluding diaryl/α,β-unsaturated/α-hetero) is 1. The van der Waals surface area contributed by atoms with Gasteiger partial charge in [-0.05, 0) is 16.6 Å². The van der Waals surface area contributed by atoms with Gasteiger partial charge in [0, 0.05) is 12.2 Å². The number of fused-ring (bicyclic) bond motifs is 1. The predicted octanol–water partition coefficient (Wildman–Crippen LogP) is 2.56. The summed E-state index contributed by atoms with van der Waals surface area (Å²) in [6.07, 6.45) is 0.0286. The molecule has 2 aliphatic heterocycles. The fraction of sp³-hybridized carbons (Fsp3) is 0.450. The van der Waals surface area contributed by atoms with E-state index in [4.69, 9.17) is 5.73 Å². The number of nitrogens with two attached hydrogens (primary N) is 1. The Morgan fingerprint density at radius 1 is 1.30 bits per heavy atom. The van der Waals surface area contributed by atoms with Crippen LogP contribution in [0.4, 0.5) is 0 Å². The van der Waals surface area contributed by atoms with E-state index in [9.17, 15) is 19.5 Å². The molecule has 2 aliphatic rings. The first-order valence-corrected chi connectivity index (χ1v) is 9.92. The summed E-state index contributed by atoms with van der Waals surface area (Å²) in [5.74, 6) is -1.59. The second-order valence-electron chi connectivity index (χ2n) is 7.96. The Kier molecular flexibility index (Phi) is 5.18. The zero-order valence-electron chi connectivity index (χ0n) is 15.6. The highest BCUT2D eigenvalue weighted by atomic mass is 32.2. The van der Waals surface area contributed by atoms with E-state index in [2.05, 4.69) is 0 Å². The minimum Gasteiger partial charge on any atom is -0.477 e. The number of hydrogen-bond donors (Lipinski definition) is 2. The largest absolute Gasteiger partial charge is 0.477 e. The topological polar surface area (TPSA) is 101 Å². The average Bonchev–Trinajstić information content (AvgIpc) is 2.63. The minimum absolute atomic E-state index is 0.0286. The summed E-state index contributed by atoms with van der Waals surface area (Å²) in [5, 5.41) is 9.35. The van der Waals surface area contributed by atoms with E-state index in [0.717, 1.165) is 5.57 Å². The molecule has 0 radical (unpaired) electrons. The third-order valence-corrected chi connectivity index (χ3v) is 6.45. The lowest BCUT2D eigenvalue weighted by Gasteiger charge is -2.51. The first kappa shape index (κ1) is 19.6. The van der Waals surface area contributed by atoms with Gasteiger partial charge in [0.25, 0.3) is 0 Å². The van der Waals surface area contributed by atoms with Gasteiger partial charge in [-0.2, -0.15) is 0 Å². The van der Waals surface area contributed by atoms with Crippen LogP contribution < -0.4 is 5.73 Å². The maximum Gasteiger partial charge on any atom is 0.352 e. The summed E-state index contributed by atoms with van der Waals surface area (Å²) >= 11 is 1.52.